The van der Waals surface area contributed by atoms with Crippen molar-refractivity contribution >= 4 is 39.5 Å². The molecule has 1 aromatic rings. The van der Waals surface area contributed by atoms with E-state index in [1.807, 2.05) is 12.1 Å². The highest BCUT2D eigenvalue weighted by Gasteiger charge is 2.21. The van der Waals surface area contributed by atoms with Crippen LogP contribution in [-0.4, -0.2) is 42.6 Å². The molecule has 1 fully saturated rings. The summed E-state index contributed by atoms with van der Waals surface area (Å²) >= 11 is 5.03. The van der Waals surface area contributed by atoms with Crippen LogP contribution in [0.4, 0.5) is 0 Å². The van der Waals surface area contributed by atoms with Gasteiger partial charge in [-0.3, -0.25) is 14.9 Å². The van der Waals surface area contributed by atoms with Gasteiger partial charge in [-0.1, -0.05) is 22.0 Å². The number of amides is 2. The number of benzene rings is 1. The Hall–Kier alpha value is -1.05. The van der Waals surface area contributed by atoms with Crippen molar-refractivity contribution in [3.05, 3.63) is 34.3 Å². The molecule has 1 aliphatic heterocycles. The fraction of sp³-hybridized carbons (Fsp3) is 0.385. The lowest BCUT2D eigenvalue weighted by atomic mass is 10.2. The zero-order valence-electron chi connectivity index (χ0n) is 10.8. The molecule has 2 rings (SSSR count). The first kappa shape index (κ1) is 15.3. The van der Waals surface area contributed by atoms with Gasteiger partial charge in [-0.15, -0.1) is 11.8 Å². The molecule has 0 aromatic heterocycles. The van der Waals surface area contributed by atoms with Crippen LogP contribution in [0, 0.1) is 0 Å². The number of thioether (sulfide) groups is 1. The summed E-state index contributed by atoms with van der Waals surface area (Å²) in [6, 6.07) is 7.07. The zero-order chi connectivity index (χ0) is 14.4. The van der Waals surface area contributed by atoms with E-state index >= 15 is 0 Å². The molecule has 0 bridgehead atoms. The van der Waals surface area contributed by atoms with Crippen molar-refractivity contribution in [3.8, 4) is 0 Å². The molecule has 1 aliphatic rings. The van der Waals surface area contributed by atoms with Gasteiger partial charge in [-0.2, -0.15) is 0 Å². The molecule has 20 heavy (non-hydrogen) atoms. The summed E-state index contributed by atoms with van der Waals surface area (Å²) in [7, 11) is 0. The Morgan fingerprint density at radius 2 is 2.15 bits per heavy atom. The van der Waals surface area contributed by atoms with Gasteiger partial charge in [-0.25, -0.2) is 0 Å². The molecule has 1 heterocycles. The average Bonchev–Trinajstić information content (AvgIpc) is 2.97. The van der Waals surface area contributed by atoms with Crippen LogP contribution < -0.4 is 16.0 Å². The van der Waals surface area contributed by atoms with E-state index in [9.17, 15) is 9.59 Å². The lowest BCUT2D eigenvalue weighted by Crippen LogP contribution is -2.44. The second-order valence-electron chi connectivity index (χ2n) is 4.33. The molecule has 0 spiro atoms. The Kier molecular flexibility index (Phi) is 5.87. The van der Waals surface area contributed by atoms with Crippen LogP contribution in [0.1, 0.15) is 10.4 Å². The molecule has 5 nitrogen and oxygen atoms in total. The molecule has 0 aliphatic carbocycles. The van der Waals surface area contributed by atoms with Crippen molar-refractivity contribution < 1.29 is 9.59 Å². The van der Waals surface area contributed by atoms with Gasteiger partial charge in [0.1, 0.15) is 0 Å². The number of nitrogens with one attached hydrogen (secondary N) is 3. The first-order valence-electron chi connectivity index (χ1n) is 6.29. The molecule has 3 N–H and O–H groups in total. The fourth-order valence-electron chi connectivity index (χ4n) is 1.78. The third-order valence-corrected chi connectivity index (χ3v) is 4.26. The van der Waals surface area contributed by atoms with Crippen LogP contribution in [0.25, 0.3) is 0 Å². The van der Waals surface area contributed by atoms with Gasteiger partial charge in [0.15, 0.2) is 0 Å². The Morgan fingerprint density at radius 1 is 1.35 bits per heavy atom. The number of rotatable bonds is 5. The van der Waals surface area contributed by atoms with Gasteiger partial charge in [0, 0.05) is 34.8 Å². The quantitative estimate of drug-likeness (QED) is 0.686. The summed E-state index contributed by atoms with van der Waals surface area (Å²) < 4.78 is 0.864. The minimum Gasteiger partial charge on any atom is -0.353 e. The number of carbonyl (C=O) groups is 2. The van der Waals surface area contributed by atoms with E-state index in [2.05, 4.69) is 31.9 Å². The summed E-state index contributed by atoms with van der Waals surface area (Å²) in [6.45, 7) is 0.846. The summed E-state index contributed by atoms with van der Waals surface area (Å²) in [5.74, 6) is 1.47. The van der Waals surface area contributed by atoms with Crippen LogP contribution in [0.3, 0.4) is 0 Å². The van der Waals surface area contributed by atoms with Gasteiger partial charge in [0.05, 0.1) is 6.04 Å². The van der Waals surface area contributed by atoms with Crippen molar-refractivity contribution in [2.45, 2.75) is 6.04 Å². The largest absolute Gasteiger partial charge is 0.353 e. The summed E-state index contributed by atoms with van der Waals surface area (Å²) in [4.78, 5) is 23.5. The number of carbonyl (C=O) groups excluding carboxylic acids is 2. The minimum absolute atomic E-state index is 0.00768. The van der Waals surface area contributed by atoms with E-state index in [0.717, 1.165) is 16.1 Å². The maximum absolute atomic E-state index is 11.8. The Labute approximate surface area is 130 Å². The maximum Gasteiger partial charge on any atom is 0.251 e. The topological polar surface area (TPSA) is 70.2 Å². The lowest BCUT2D eigenvalue weighted by Gasteiger charge is -2.11. The van der Waals surface area contributed by atoms with Crippen molar-refractivity contribution in [2.75, 3.05) is 24.7 Å². The van der Waals surface area contributed by atoms with E-state index in [0.29, 0.717) is 18.7 Å². The monoisotopic (exact) mass is 357 g/mol. The predicted molar refractivity (Wildman–Crippen MR) is 83.7 cm³/mol. The van der Waals surface area contributed by atoms with Gasteiger partial charge in [0.2, 0.25) is 5.91 Å². The lowest BCUT2D eigenvalue weighted by molar-refractivity contribution is -0.122. The molecule has 7 heteroatoms. The Morgan fingerprint density at radius 3 is 2.85 bits per heavy atom. The molecule has 108 valence electrons. The van der Waals surface area contributed by atoms with Crippen LogP contribution >= 0.6 is 27.7 Å². The molecule has 1 atom stereocenters. The van der Waals surface area contributed by atoms with Gasteiger partial charge < -0.3 is 10.6 Å². The minimum atomic E-state index is -0.143. The normalized spacial score (nSPS) is 17.8. The Balaban J connectivity index is 1.68. The van der Waals surface area contributed by atoms with E-state index in [1.54, 1.807) is 23.9 Å². The predicted octanol–water partition coefficient (Wildman–Crippen LogP) is 0.958. The Bertz CT molecular complexity index is 492. The first-order chi connectivity index (χ1) is 9.66. The molecule has 0 radical (unpaired) electrons. The van der Waals surface area contributed by atoms with Crippen molar-refractivity contribution in [3.63, 3.8) is 0 Å². The fourth-order valence-corrected chi connectivity index (χ4v) is 3.12. The number of halogens is 1. The summed E-state index contributed by atoms with van der Waals surface area (Å²) in [5, 5.41) is 8.67. The highest BCUT2D eigenvalue weighted by atomic mass is 79.9. The second kappa shape index (κ2) is 7.66. The van der Waals surface area contributed by atoms with Gasteiger partial charge in [0.25, 0.3) is 5.91 Å². The van der Waals surface area contributed by atoms with Crippen molar-refractivity contribution in [1.82, 2.24) is 16.0 Å². The van der Waals surface area contributed by atoms with Crippen LogP contribution in [0.5, 0.6) is 0 Å². The molecule has 1 aromatic carbocycles. The van der Waals surface area contributed by atoms with Gasteiger partial charge >= 0.3 is 0 Å². The second-order valence-corrected chi connectivity index (χ2v) is 6.28. The number of hydrogen-bond donors (Lipinski definition) is 3. The van der Waals surface area contributed by atoms with E-state index < -0.39 is 0 Å². The standard InChI is InChI=1S/C13H16BrN3O2S/c14-10-3-1-2-9(6-10)12(18)15-4-5-16-13(19)11-7-20-8-17-11/h1-3,6,11,17H,4-5,7-8H2,(H,15,18)(H,16,19). The first-order valence-corrected chi connectivity index (χ1v) is 8.24. The van der Waals surface area contributed by atoms with Crippen LogP contribution in [-0.2, 0) is 4.79 Å². The molecular formula is C13H16BrN3O2S. The third-order valence-electron chi connectivity index (χ3n) is 2.83. The highest BCUT2D eigenvalue weighted by molar-refractivity contribution is 9.10. The summed E-state index contributed by atoms with van der Waals surface area (Å²) in [5.41, 5.74) is 0.597. The molecule has 1 unspecified atom stereocenters. The van der Waals surface area contributed by atoms with Crippen LogP contribution in [0.2, 0.25) is 0 Å². The van der Waals surface area contributed by atoms with E-state index in [4.69, 9.17) is 0 Å². The molecule has 0 saturated carbocycles. The van der Waals surface area contributed by atoms with Crippen molar-refractivity contribution in [1.29, 1.82) is 0 Å². The zero-order valence-corrected chi connectivity index (χ0v) is 13.2. The highest BCUT2D eigenvalue weighted by Crippen LogP contribution is 2.11. The van der Waals surface area contributed by atoms with E-state index in [-0.39, 0.29) is 17.9 Å². The van der Waals surface area contributed by atoms with Crippen molar-refractivity contribution in [2.24, 2.45) is 0 Å². The maximum atomic E-state index is 11.8. The average molecular weight is 358 g/mol. The number of hydrogen-bond acceptors (Lipinski definition) is 4. The van der Waals surface area contributed by atoms with Crippen LogP contribution in [0.15, 0.2) is 28.7 Å². The van der Waals surface area contributed by atoms with Gasteiger partial charge in [-0.05, 0) is 18.2 Å². The SMILES string of the molecule is O=C(NCCNC(=O)C1CSCN1)c1cccc(Br)c1. The molecule has 2 amide bonds. The smallest absolute Gasteiger partial charge is 0.251 e. The molecular weight excluding hydrogens is 342 g/mol. The summed E-state index contributed by atoms with van der Waals surface area (Å²) in [6.07, 6.45) is 0. The molecule has 1 saturated heterocycles. The third kappa shape index (κ3) is 4.50. The van der Waals surface area contributed by atoms with E-state index in [1.165, 1.54) is 0 Å².